The normalized spacial score (nSPS) is 12.5. The summed E-state index contributed by atoms with van der Waals surface area (Å²) in [5.74, 6) is 0. The lowest BCUT2D eigenvalue weighted by molar-refractivity contribution is 0.584. The molecule has 0 spiro atoms. The van der Waals surface area contributed by atoms with Gasteiger partial charge in [-0.15, -0.1) is 0 Å². The third-order valence-electron chi connectivity index (χ3n) is 1.82. The van der Waals surface area contributed by atoms with Gasteiger partial charge >= 0.3 is 0 Å². The Kier molecular flexibility index (Phi) is 12.6. The Morgan fingerprint density at radius 3 is 1.77 bits per heavy atom. The summed E-state index contributed by atoms with van der Waals surface area (Å²) in [6.07, 6.45) is 5.10. The predicted octanol–water partition coefficient (Wildman–Crippen LogP) is -0.220. The van der Waals surface area contributed by atoms with Gasteiger partial charge in [-0.05, 0) is 25.9 Å². The van der Waals surface area contributed by atoms with Gasteiger partial charge < -0.3 is 14.1 Å². The minimum atomic E-state index is -0.394. The van der Waals surface area contributed by atoms with Crippen LogP contribution in [0.3, 0.4) is 0 Å². The first-order chi connectivity index (χ1) is 6.41. The molecule has 0 saturated carbocycles. The second kappa shape index (κ2) is 12.3. The fraction of sp³-hybridized carbons (Fsp3) is 1.00. The number of rotatable bonds is 10. The zero-order valence-corrected chi connectivity index (χ0v) is 11.9. The maximum Gasteiger partial charge on any atom is 0.225 e. The molecule has 0 amide bonds. The van der Waals surface area contributed by atoms with Crippen LogP contribution in [-0.4, -0.2) is 32.9 Å². The molecule has 0 aromatic heterocycles. The first-order valence-electron chi connectivity index (χ1n) is 5.41. The van der Waals surface area contributed by atoms with Crippen molar-refractivity contribution in [3.8, 4) is 0 Å². The Bertz CT molecular complexity index is 86.2. The van der Waals surface area contributed by atoms with Gasteiger partial charge in [-0.1, -0.05) is 26.7 Å². The van der Waals surface area contributed by atoms with E-state index in [2.05, 4.69) is 23.8 Å². The van der Waals surface area contributed by atoms with Crippen LogP contribution >= 0.6 is 0 Å². The Labute approximate surface area is 87.1 Å². The molecule has 3 nitrogen and oxygen atoms in total. The van der Waals surface area contributed by atoms with Crippen molar-refractivity contribution < 1.29 is 4.12 Å². The average Bonchev–Trinajstić information content (AvgIpc) is 2.16. The third kappa shape index (κ3) is 12.3. The smallest absolute Gasteiger partial charge is 0.225 e. The zero-order chi connectivity index (χ0) is 9.78. The molecule has 0 bridgehead atoms. The van der Waals surface area contributed by atoms with Crippen LogP contribution in [0.4, 0.5) is 0 Å². The Balaban J connectivity index is 2.76. The summed E-state index contributed by atoms with van der Waals surface area (Å²) in [4.78, 5) is 6.78. The van der Waals surface area contributed by atoms with Crippen molar-refractivity contribution in [3.63, 3.8) is 0 Å². The molecule has 2 N–H and O–H groups in total. The molecule has 0 aliphatic carbocycles. The van der Waals surface area contributed by atoms with Crippen LogP contribution in [0.15, 0.2) is 0 Å². The maximum absolute atomic E-state index is 5.58. The number of nitrogens with one attached hydrogen (secondary N) is 2. The van der Waals surface area contributed by atoms with E-state index in [4.69, 9.17) is 4.12 Å². The molecule has 0 unspecified atom stereocenters. The Morgan fingerprint density at radius 1 is 0.923 bits per heavy atom. The lowest BCUT2D eigenvalue weighted by atomic mass is 10.3. The second-order valence-corrected chi connectivity index (χ2v) is 6.41. The van der Waals surface area contributed by atoms with Crippen LogP contribution in [0.25, 0.3) is 0 Å². The van der Waals surface area contributed by atoms with Crippen LogP contribution in [0, 0.1) is 0 Å². The van der Waals surface area contributed by atoms with Gasteiger partial charge in [0.05, 0.1) is 0 Å². The van der Waals surface area contributed by atoms with E-state index >= 15 is 0 Å². The molecule has 0 aromatic rings. The van der Waals surface area contributed by atoms with E-state index in [1.165, 1.54) is 25.7 Å². The van der Waals surface area contributed by atoms with E-state index in [9.17, 15) is 0 Å². The predicted molar refractivity (Wildman–Crippen MR) is 64.0 cm³/mol. The lowest BCUT2D eigenvalue weighted by Gasteiger charge is -2.05. The monoisotopic (exact) mass is 220 g/mol. The van der Waals surface area contributed by atoms with Crippen molar-refractivity contribution in [2.24, 2.45) is 0 Å². The topological polar surface area (TPSA) is 33.3 Å². The van der Waals surface area contributed by atoms with Gasteiger partial charge in [0.15, 0.2) is 0 Å². The molecule has 13 heavy (non-hydrogen) atoms. The van der Waals surface area contributed by atoms with Gasteiger partial charge in [-0.25, -0.2) is 0 Å². The van der Waals surface area contributed by atoms with Gasteiger partial charge in [0.1, 0.15) is 0 Å². The quantitative estimate of drug-likeness (QED) is 0.394. The molecule has 0 radical (unpaired) electrons. The molecule has 5 heteroatoms. The van der Waals surface area contributed by atoms with Crippen molar-refractivity contribution in [2.75, 3.05) is 13.1 Å². The van der Waals surface area contributed by atoms with E-state index in [1.807, 2.05) is 0 Å². The molecule has 0 rings (SSSR count). The largest absolute Gasteiger partial charge is 0.442 e. The highest BCUT2D eigenvalue weighted by atomic mass is 28.3. The molecule has 80 valence electrons. The average molecular weight is 220 g/mol. The molecule has 0 fully saturated rings. The second-order valence-electron chi connectivity index (χ2n) is 3.20. The maximum atomic E-state index is 5.58. The van der Waals surface area contributed by atoms with Crippen LogP contribution in [0.1, 0.15) is 39.5 Å². The minimum Gasteiger partial charge on any atom is -0.442 e. The van der Waals surface area contributed by atoms with Crippen LogP contribution in [0.5, 0.6) is 0 Å². The van der Waals surface area contributed by atoms with E-state index < -0.39 is 19.8 Å². The van der Waals surface area contributed by atoms with E-state index in [-0.39, 0.29) is 0 Å². The van der Waals surface area contributed by atoms with Crippen LogP contribution in [-0.2, 0) is 4.12 Å². The molecule has 0 heterocycles. The zero-order valence-electron chi connectivity index (χ0n) is 9.07. The minimum absolute atomic E-state index is 0.394. The fourth-order valence-electron chi connectivity index (χ4n) is 0.943. The van der Waals surface area contributed by atoms with E-state index in [0.717, 1.165) is 13.1 Å². The first-order valence-corrected chi connectivity index (χ1v) is 7.97. The van der Waals surface area contributed by atoms with Gasteiger partial charge in [0.2, 0.25) is 19.8 Å². The summed E-state index contributed by atoms with van der Waals surface area (Å²) in [5, 5.41) is 0. The van der Waals surface area contributed by atoms with Gasteiger partial charge in [0.25, 0.3) is 0 Å². The van der Waals surface area contributed by atoms with E-state index in [1.54, 1.807) is 0 Å². The van der Waals surface area contributed by atoms with E-state index in [0.29, 0.717) is 0 Å². The van der Waals surface area contributed by atoms with Crippen molar-refractivity contribution in [2.45, 2.75) is 39.5 Å². The summed E-state index contributed by atoms with van der Waals surface area (Å²) in [7, 11) is -0.788. The molecule has 0 aliphatic heterocycles. The standard InChI is InChI=1S/C8H24N2OSi2/c1-3-5-7-9-12-11-13-10-8-6-4-2/h9-10H,3-8,12-13H2,1-2H3. The number of hydrogen-bond donors (Lipinski definition) is 2. The van der Waals surface area contributed by atoms with Crippen molar-refractivity contribution in [3.05, 3.63) is 0 Å². The van der Waals surface area contributed by atoms with Gasteiger partial charge in [-0.3, -0.25) is 0 Å². The van der Waals surface area contributed by atoms with Crippen LogP contribution in [0.2, 0.25) is 0 Å². The molecule has 0 saturated heterocycles. The summed E-state index contributed by atoms with van der Waals surface area (Å²) in [5.41, 5.74) is 0. The van der Waals surface area contributed by atoms with Gasteiger partial charge in [-0.2, -0.15) is 0 Å². The molecule has 0 aliphatic rings. The Hall–Kier alpha value is 0.314. The molecular weight excluding hydrogens is 196 g/mol. The highest BCUT2D eigenvalue weighted by Gasteiger charge is 1.89. The SMILES string of the molecule is CCCCN[SiH2]O[SiH2]NCCCC. The van der Waals surface area contributed by atoms with Crippen molar-refractivity contribution in [1.29, 1.82) is 0 Å². The Morgan fingerprint density at radius 2 is 1.38 bits per heavy atom. The lowest BCUT2D eigenvalue weighted by Crippen LogP contribution is -2.31. The van der Waals surface area contributed by atoms with Crippen molar-refractivity contribution >= 4 is 19.8 Å². The summed E-state index contributed by atoms with van der Waals surface area (Å²) >= 11 is 0. The summed E-state index contributed by atoms with van der Waals surface area (Å²) < 4.78 is 5.58. The highest BCUT2D eigenvalue weighted by Crippen LogP contribution is 1.81. The molecule has 0 aromatic carbocycles. The highest BCUT2D eigenvalue weighted by molar-refractivity contribution is 6.39. The number of hydrogen-bond acceptors (Lipinski definition) is 3. The van der Waals surface area contributed by atoms with Crippen LogP contribution < -0.4 is 9.96 Å². The fourth-order valence-corrected chi connectivity index (χ4v) is 3.29. The van der Waals surface area contributed by atoms with Gasteiger partial charge in [0, 0.05) is 0 Å². The summed E-state index contributed by atoms with van der Waals surface area (Å²) in [6, 6.07) is 0. The summed E-state index contributed by atoms with van der Waals surface area (Å²) in [6.45, 7) is 6.72. The first kappa shape index (κ1) is 13.3. The third-order valence-corrected chi connectivity index (χ3v) is 4.57. The molecule has 0 atom stereocenters. The number of unbranched alkanes of at least 4 members (excludes halogenated alkanes) is 2. The van der Waals surface area contributed by atoms with Crippen molar-refractivity contribution in [1.82, 2.24) is 9.96 Å². The molecular formula is C8H24N2OSi2.